The summed E-state index contributed by atoms with van der Waals surface area (Å²) in [5.74, 6) is -1.29. The van der Waals surface area contributed by atoms with Crippen LogP contribution in [0, 0.1) is 0 Å². The number of hydrogen-bond acceptors (Lipinski definition) is 6. The summed E-state index contributed by atoms with van der Waals surface area (Å²) < 4.78 is 35.8. The van der Waals surface area contributed by atoms with E-state index in [2.05, 4.69) is 13.2 Å². The molecule has 7 nitrogen and oxygen atoms in total. The van der Waals surface area contributed by atoms with Gasteiger partial charge >= 0.3 is 11.9 Å². The van der Waals surface area contributed by atoms with Crippen molar-refractivity contribution in [3.8, 4) is 0 Å². The topological polar surface area (TPSA) is 90.0 Å². The molecule has 138 valence electrons. The SMILES string of the molecule is C=C(C)C(=O)OC(C)CN(CC(C)OC(=O)C(=C)C)S(=O)(=O)CC. The molecule has 0 spiro atoms. The molecule has 0 aliphatic rings. The molecule has 0 aliphatic carbocycles. The molecule has 8 heteroatoms. The van der Waals surface area contributed by atoms with Crippen molar-refractivity contribution in [2.24, 2.45) is 0 Å². The van der Waals surface area contributed by atoms with Gasteiger partial charge in [-0.05, 0) is 34.6 Å². The average Bonchev–Trinajstić information content (AvgIpc) is 2.45. The van der Waals surface area contributed by atoms with Gasteiger partial charge in [0.1, 0.15) is 12.2 Å². The number of esters is 2. The van der Waals surface area contributed by atoms with Gasteiger partial charge in [-0.2, -0.15) is 4.31 Å². The molecule has 0 saturated heterocycles. The Morgan fingerprint density at radius 1 is 0.958 bits per heavy atom. The first kappa shape index (κ1) is 22.3. The minimum absolute atomic E-state index is 0.0375. The number of rotatable bonds is 10. The lowest BCUT2D eigenvalue weighted by atomic mass is 10.3. The predicted molar refractivity (Wildman–Crippen MR) is 91.8 cm³/mol. The summed E-state index contributed by atoms with van der Waals surface area (Å²) in [5, 5.41) is 0. The summed E-state index contributed by atoms with van der Waals surface area (Å²) in [6, 6.07) is 0. The Balaban J connectivity index is 5.01. The molecule has 0 N–H and O–H groups in total. The maximum atomic E-state index is 12.2. The van der Waals surface area contributed by atoms with E-state index in [4.69, 9.17) is 9.47 Å². The highest BCUT2D eigenvalue weighted by Crippen LogP contribution is 2.10. The minimum Gasteiger partial charge on any atom is -0.458 e. The first-order valence-electron chi connectivity index (χ1n) is 7.61. The van der Waals surface area contributed by atoms with Crippen LogP contribution in [-0.2, 0) is 29.1 Å². The molecule has 0 aliphatic heterocycles. The van der Waals surface area contributed by atoms with Gasteiger partial charge in [0.2, 0.25) is 10.0 Å². The fraction of sp³-hybridized carbons (Fsp3) is 0.625. The van der Waals surface area contributed by atoms with E-state index >= 15 is 0 Å². The van der Waals surface area contributed by atoms with Crippen LogP contribution in [0.3, 0.4) is 0 Å². The lowest BCUT2D eigenvalue weighted by molar-refractivity contribution is -0.144. The van der Waals surface area contributed by atoms with Gasteiger partial charge in [-0.15, -0.1) is 0 Å². The fourth-order valence-electron chi connectivity index (χ4n) is 1.70. The van der Waals surface area contributed by atoms with Crippen LogP contribution in [0.15, 0.2) is 24.3 Å². The number of carbonyl (C=O) groups excluding carboxylic acids is 2. The van der Waals surface area contributed by atoms with E-state index in [1.54, 1.807) is 13.8 Å². The van der Waals surface area contributed by atoms with Crippen molar-refractivity contribution in [2.75, 3.05) is 18.8 Å². The summed E-state index contributed by atoms with van der Waals surface area (Å²) in [4.78, 5) is 23.1. The van der Waals surface area contributed by atoms with Crippen molar-refractivity contribution >= 4 is 22.0 Å². The van der Waals surface area contributed by atoms with Crippen LogP contribution in [0.5, 0.6) is 0 Å². The molecule has 0 heterocycles. The first-order chi connectivity index (χ1) is 10.9. The normalized spacial score (nSPS) is 13.9. The number of nitrogens with zero attached hydrogens (tertiary/aromatic N) is 1. The van der Waals surface area contributed by atoms with Crippen LogP contribution >= 0.6 is 0 Å². The third-order valence-electron chi connectivity index (χ3n) is 2.99. The molecular weight excluding hydrogens is 334 g/mol. The quantitative estimate of drug-likeness (QED) is 0.434. The standard InChI is InChI=1S/C16H27NO6S/c1-8-24(20,21)17(9-13(6)22-15(18)11(2)3)10-14(7)23-16(19)12(4)5/h13-14H,2,4,8-10H2,1,3,5-7H3. The van der Waals surface area contributed by atoms with Crippen LogP contribution in [0.1, 0.15) is 34.6 Å². The molecule has 0 amide bonds. The van der Waals surface area contributed by atoms with E-state index in [0.29, 0.717) is 0 Å². The summed E-state index contributed by atoms with van der Waals surface area (Å²) in [7, 11) is -3.56. The highest BCUT2D eigenvalue weighted by molar-refractivity contribution is 7.89. The van der Waals surface area contributed by atoms with Crippen molar-refractivity contribution in [1.82, 2.24) is 4.31 Å². The Hall–Kier alpha value is -1.67. The number of sulfonamides is 1. The summed E-state index contributed by atoms with van der Waals surface area (Å²) in [6.07, 6.45) is -1.33. The van der Waals surface area contributed by atoms with Crippen molar-refractivity contribution in [3.05, 3.63) is 24.3 Å². The van der Waals surface area contributed by atoms with E-state index in [1.807, 2.05) is 0 Å². The average molecular weight is 361 g/mol. The van der Waals surface area contributed by atoms with Crippen LogP contribution in [0.25, 0.3) is 0 Å². The molecule has 0 fully saturated rings. The Labute approximate surface area is 144 Å². The molecule has 2 unspecified atom stereocenters. The van der Waals surface area contributed by atoms with E-state index in [1.165, 1.54) is 20.8 Å². The van der Waals surface area contributed by atoms with Gasteiger partial charge in [0.05, 0.1) is 18.8 Å². The Kier molecular flexibility index (Phi) is 8.92. The van der Waals surface area contributed by atoms with Crippen molar-refractivity contribution in [1.29, 1.82) is 0 Å². The van der Waals surface area contributed by atoms with E-state index in [0.717, 1.165) is 4.31 Å². The maximum Gasteiger partial charge on any atom is 0.333 e. The Morgan fingerprint density at radius 2 is 1.29 bits per heavy atom. The summed E-state index contributed by atoms with van der Waals surface area (Å²) >= 11 is 0. The summed E-state index contributed by atoms with van der Waals surface area (Å²) in [6.45, 7) is 14.6. The van der Waals surface area contributed by atoms with Crippen molar-refractivity contribution in [3.63, 3.8) is 0 Å². The van der Waals surface area contributed by atoms with E-state index in [-0.39, 0.29) is 30.0 Å². The van der Waals surface area contributed by atoms with Gasteiger partial charge in [0, 0.05) is 11.1 Å². The maximum absolute atomic E-state index is 12.2. The van der Waals surface area contributed by atoms with Gasteiger partial charge in [-0.3, -0.25) is 0 Å². The van der Waals surface area contributed by atoms with Crippen molar-refractivity contribution < 1.29 is 27.5 Å². The number of ether oxygens (including phenoxy) is 2. The van der Waals surface area contributed by atoms with Gasteiger partial charge in [0.25, 0.3) is 0 Å². The highest BCUT2D eigenvalue weighted by atomic mass is 32.2. The molecule has 0 rings (SSSR count). The molecule has 0 radical (unpaired) electrons. The first-order valence-corrected chi connectivity index (χ1v) is 9.22. The third kappa shape index (κ3) is 7.74. The lowest BCUT2D eigenvalue weighted by Gasteiger charge is -2.27. The third-order valence-corrected chi connectivity index (χ3v) is 4.81. The monoisotopic (exact) mass is 361 g/mol. The molecule has 24 heavy (non-hydrogen) atoms. The second kappa shape index (κ2) is 9.58. The number of carbonyl (C=O) groups is 2. The smallest absolute Gasteiger partial charge is 0.333 e. The Morgan fingerprint density at radius 3 is 1.54 bits per heavy atom. The number of hydrogen-bond donors (Lipinski definition) is 0. The fourth-order valence-corrected chi connectivity index (χ4v) is 2.94. The molecule has 0 aromatic rings. The molecule has 0 aromatic heterocycles. The minimum atomic E-state index is -3.56. The predicted octanol–water partition coefficient (Wildman–Crippen LogP) is 1.65. The molecule has 0 aromatic carbocycles. The van der Waals surface area contributed by atoms with Crippen LogP contribution < -0.4 is 0 Å². The second-order valence-electron chi connectivity index (χ2n) is 5.71. The molecule has 0 bridgehead atoms. The Bertz CT molecular complexity index is 560. The lowest BCUT2D eigenvalue weighted by Crippen LogP contribution is -2.43. The van der Waals surface area contributed by atoms with Crippen LogP contribution in [0.4, 0.5) is 0 Å². The van der Waals surface area contributed by atoms with Gasteiger partial charge < -0.3 is 9.47 Å². The zero-order valence-corrected chi connectivity index (χ0v) is 15.8. The second-order valence-corrected chi connectivity index (χ2v) is 7.97. The molecule has 2 atom stereocenters. The zero-order valence-electron chi connectivity index (χ0n) is 15.0. The zero-order chi connectivity index (χ0) is 19.1. The van der Waals surface area contributed by atoms with Gasteiger partial charge in [-0.1, -0.05) is 13.2 Å². The van der Waals surface area contributed by atoms with Gasteiger partial charge in [0.15, 0.2) is 0 Å². The largest absolute Gasteiger partial charge is 0.458 e. The molecule has 0 saturated carbocycles. The van der Waals surface area contributed by atoms with E-state index < -0.39 is 34.2 Å². The highest BCUT2D eigenvalue weighted by Gasteiger charge is 2.27. The van der Waals surface area contributed by atoms with Gasteiger partial charge in [-0.25, -0.2) is 18.0 Å². The van der Waals surface area contributed by atoms with Crippen molar-refractivity contribution in [2.45, 2.75) is 46.8 Å². The molecular formula is C16H27NO6S. The van der Waals surface area contributed by atoms with Crippen LogP contribution in [0.2, 0.25) is 0 Å². The van der Waals surface area contributed by atoms with Crippen LogP contribution in [-0.4, -0.2) is 55.7 Å². The summed E-state index contributed by atoms with van der Waals surface area (Å²) in [5.41, 5.74) is 0.464. The van der Waals surface area contributed by atoms with E-state index in [9.17, 15) is 18.0 Å².